The molecule has 0 bridgehead atoms. The highest BCUT2D eigenvalue weighted by molar-refractivity contribution is 8.27. The van der Waals surface area contributed by atoms with Gasteiger partial charge in [-0.25, -0.2) is 0 Å². The number of carbonyl (C=O) groups is 2. The number of ketones is 1. The van der Waals surface area contributed by atoms with Gasteiger partial charge in [-0.05, 0) is 42.8 Å². The van der Waals surface area contributed by atoms with Gasteiger partial charge >= 0.3 is 0 Å². The van der Waals surface area contributed by atoms with E-state index in [1.807, 2.05) is 0 Å². The van der Waals surface area contributed by atoms with Crippen molar-refractivity contribution >= 4 is 51.8 Å². The Hall–Kier alpha value is -2.84. The number of anilines is 1. The van der Waals surface area contributed by atoms with E-state index in [0.717, 1.165) is 0 Å². The highest BCUT2D eigenvalue weighted by atomic mass is 32.2. The Morgan fingerprint density at radius 2 is 1.72 bits per heavy atom. The van der Waals surface area contributed by atoms with Crippen molar-refractivity contribution in [3.8, 4) is 17.2 Å². The number of methoxy groups -OCH3 is 3. The number of Topliss-reactive ketones (excluding diaryl/α,β-unsaturated/α-hetero) is 1. The number of thioether (sulfide) groups is 1. The van der Waals surface area contributed by atoms with Crippen LogP contribution < -0.4 is 19.1 Å². The Morgan fingerprint density at radius 1 is 1.07 bits per heavy atom. The fourth-order valence-electron chi connectivity index (χ4n) is 2.89. The van der Waals surface area contributed by atoms with E-state index in [9.17, 15) is 9.59 Å². The molecule has 0 atom stereocenters. The monoisotopic (exact) mass is 429 g/mol. The number of nitrogens with zero attached hydrogens (tertiary/aromatic N) is 1. The second-order valence-corrected chi connectivity index (χ2v) is 7.76. The van der Waals surface area contributed by atoms with Gasteiger partial charge in [-0.2, -0.15) is 0 Å². The molecule has 8 heteroatoms. The van der Waals surface area contributed by atoms with Gasteiger partial charge in [0.05, 0.1) is 31.9 Å². The Kier molecular flexibility index (Phi) is 6.24. The van der Waals surface area contributed by atoms with Crippen LogP contribution in [0, 0.1) is 0 Å². The minimum Gasteiger partial charge on any atom is -0.493 e. The number of benzene rings is 2. The van der Waals surface area contributed by atoms with Crippen LogP contribution in [0.4, 0.5) is 5.69 Å². The van der Waals surface area contributed by atoms with Crippen LogP contribution in [0.25, 0.3) is 6.08 Å². The molecule has 0 radical (unpaired) electrons. The van der Waals surface area contributed by atoms with E-state index in [4.69, 9.17) is 26.4 Å². The van der Waals surface area contributed by atoms with Crippen LogP contribution in [-0.2, 0) is 4.79 Å². The number of carbonyl (C=O) groups excluding carboxylic acids is 2. The Labute approximate surface area is 178 Å². The normalized spacial score (nSPS) is 15.0. The van der Waals surface area contributed by atoms with E-state index in [-0.39, 0.29) is 11.7 Å². The molecule has 2 aromatic rings. The first kappa shape index (κ1) is 20.9. The predicted octanol–water partition coefficient (Wildman–Crippen LogP) is 4.32. The molecule has 0 unspecified atom stereocenters. The zero-order chi connectivity index (χ0) is 21.1. The average Bonchev–Trinajstić information content (AvgIpc) is 3.00. The summed E-state index contributed by atoms with van der Waals surface area (Å²) in [7, 11) is 4.59. The largest absolute Gasteiger partial charge is 0.493 e. The van der Waals surface area contributed by atoms with Gasteiger partial charge in [0.25, 0.3) is 5.91 Å². The van der Waals surface area contributed by atoms with Crippen LogP contribution in [-0.4, -0.2) is 37.3 Å². The summed E-state index contributed by atoms with van der Waals surface area (Å²) in [6.07, 6.45) is 1.72. The van der Waals surface area contributed by atoms with Crippen LogP contribution in [0.5, 0.6) is 17.2 Å². The van der Waals surface area contributed by atoms with Crippen molar-refractivity contribution in [2.24, 2.45) is 0 Å². The molecule has 1 amide bonds. The molecule has 29 heavy (non-hydrogen) atoms. The van der Waals surface area contributed by atoms with Crippen molar-refractivity contribution in [1.29, 1.82) is 0 Å². The van der Waals surface area contributed by atoms with Crippen molar-refractivity contribution < 1.29 is 23.8 Å². The topological polar surface area (TPSA) is 65.1 Å². The van der Waals surface area contributed by atoms with Gasteiger partial charge in [0.1, 0.15) is 0 Å². The summed E-state index contributed by atoms with van der Waals surface area (Å²) >= 11 is 6.61. The quantitative estimate of drug-likeness (QED) is 0.385. The molecule has 1 saturated heterocycles. The zero-order valence-corrected chi connectivity index (χ0v) is 18.0. The van der Waals surface area contributed by atoms with E-state index >= 15 is 0 Å². The van der Waals surface area contributed by atoms with Gasteiger partial charge < -0.3 is 14.2 Å². The van der Waals surface area contributed by atoms with Gasteiger partial charge in [-0.3, -0.25) is 14.5 Å². The third-order valence-corrected chi connectivity index (χ3v) is 5.59. The highest BCUT2D eigenvalue weighted by Crippen LogP contribution is 2.41. The number of rotatable bonds is 6. The van der Waals surface area contributed by atoms with E-state index < -0.39 is 0 Å². The maximum absolute atomic E-state index is 13.0. The number of amides is 1. The molecular weight excluding hydrogens is 410 g/mol. The molecule has 1 aliphatic heterocycles. The van der Waals surface area contributed by atoms with E-state index in [2.05, 4.69) is 0 Å². The smallest absolute Gasteiger partial charge is 0.270 e. The Balaban J connectivity index is 1.98. The second-order valence-electron chi connectivity index (χ2n) is 6.08. The molecule has 6 nitrogen and oxygen atoms in total. The van der Waals surface area contributed by atoms with Crippen LogP contribution in [0.15, 0.2) is 41.3 Å². The van der Waals surface area contributed by atoms with E-state index in [1.165, 1.54) is 44.9 Å². The lowest BCUT2D eigenvalue weighted by Crippen LogP contribution is -2.27. The fraction of sp³-hybridized carbons (Fsp3) is 0.190. The molecule has 1 fully saturated rings. The van der Waals surface area contributed by atoms with Gasteiger partial charge in [0.2, 0.25) is 5.75 Å². The minimum absolute atomic E-state index is 0.0785. The molecule has 0 N–H and O–H groups in total. The SMILES string of the molecule is COc1cc(C=C2SC(=S)N(c3cccc(C(C)=O)c3)C2=O)cc(OC)c1OC. The van der Waals surface area contributed by atoms with Crippen LogP contribution in [0.2, 0.25) is 0 Å². The Morgan fingerprint density at radius 3 is 2.28 bits per heavy atom. The van der Waals surface area contributed by atoms with Crippen molar-refractivity contribution in [2.75, 3.05) is 26.2 Å². The van der Waals surface area contributed by atoms with Gasteiger partial charge in [-0.15, -0.1) is 0 Å². The summed E-state index contributed by atoms with van der Waals surface area (Å²) in [5, 5.41) is 0. The van der Waals surface area contributed by atoms with E-state index in [0.29, 0.717) is 43.3 Å². The average molecular weight is 430 g/mol. The molecule has 0 saturated carbocycles. The van der Waals surface area contributed by atoms with Crippen molar-refractivity contribution in [2.45, 2.75) is 6.92 Å². The van der Waals surface area contributed by atoms with Gasteiger partial charge in [0, 0.05) is 5.56 Å². The third kappa shape index (κ3) is 4.13. The first-order valence-electron chi connectivity index (χ1n) is 8.58. The van der Waals surface area contributed by atoms with E-state index in [1.54, 1.807) is 42.5 Å². The second kappa shape index (κ2) is 8.67. The highest BCUT2D eigenvalue weighted by Gasteiger charge is 2.33. The predicted molar refractivity (Wildman–Crippen MR) is 118 cm³/mol. The van der Waals surface area contributed by atoms with Crippen LogP contribution in [0.3, 0.4) is 0 Å². The standard InChI is InChI=1S/C21H19NO5S2/c1-12(23)14-6-5-7-15(11-14)22-20(24)18(29-21(22)28)10-13-8-16(25-2)19(27-4)17(9-13)26-3/h5-11H,1-4H3. The molecular formula is C21H19NO5S2. The molecule has 1 heterocycles. The van der Waals surface area contributed by atoms with Crippen molar-refractivity contribution in [1.82, 2.24) is 0 Å². The number of hydrogen-bond acceptors (Lipinski definition) is 7. The minimum atomic E-state index is -0.255. The zero-order valence-electron chi connectivity index (χ0n) is 16.3. The lowest BCUT2D eigenvalue weighted by molar-refractivity contribution is -0.113. The molecule has 3 rings (SSSR count). The summed E-state index contributed by atoms with van der Waals surface area (Å²) < 4.78 is 16.5. The van der Waals surface area contributed by atoms with Crippen molar-refractivity contribution in [3.63, 3.8) is 0 Å². The summed E-state index contributed by atoms with van der Waals surface area (Å²) in [6.45, 7) is 1.48. The maximum atomic E-state index is 13.0. The molecule has 0 spiro atoms. The summed E-state index contributed by atoms with van der Waals surface area (Å²) in [5.41, 5.74) is 1.79. The van der Waals surface area contributed by atoms with Gasteiger partial charge in [-0.1, -0.05) is 36.1 Å². The molecule has 150 valence electrons. The lowest BCUT2D eigenvalue weighted by Gasteiger charge is -2.15. The lowest BCUT2D eigenvalue weighted by atomic mass is 10.1. The third-order valence-electron chi connectivity index (χ3n) is 4.29. The summed E-state index contributed by atoms with van der Waals surface area (Å²) in [5.74, 6) is 1.12. The molecule has 0 aliphatic carbocycles. The summed E-state index contributed by atoms with van der Waals surface area (Å²) in [6, 6.07) is 10.4. The Bertz CT molecular complexity index is 1010. The number of hydrogen-bond donors (Lipinski definition) is 0. The van der Waals surface area contributed by atoms with Crippen molar-refractivity contribution in [3.05, 3.63) is 52.4 Å². The number of thiocarbonyl (C=S) groups is 1. The maximum Gasteiger partial charge on any atom is 0.270 e. The summed E-state index contributed by atoms with van der Waals surface area (Å²) in [4.78, 5) is 26.6. The molecule has 2 aromatic carbocycles. The number of ether oxygens (including phenoxy) is 3. The molecule has 1 aliphatic rings. The first-order chi connectivity index (χ1) is 13.9. The van der Waals surface area contributed by atoms with Crippen LogP contribution >= 0.6 is 24.0 Å². The van der Waals surface area contributed by atoms with Crippen LogP contribution in [0.1, 0.15) is 22.8 Å². The van der Waals surface area contributed by atoms with Gasteiger partial charge in [0.15, 0.2) is 21.6 Å². The fourth-order valence-corrected chi connectivity index (χ4v) is 4.19. The first-order valence-corrected chi connectivity index (χ1v) is 9.81. The molecule has 0 aromatic heterocycles.